The van der Waals surface area contributed by atoms with Gasteiger partial charge in [-0.1, -0.05) is 16.8 Å². The van der Waals surface area contributed by atoms with Gasteiger partial charge in [0.1, 0.15) is 0 Å². The zero-order valence-corrected chi connectivity index (χ0v) is 9.08. The van der Waals surface area contributed by atoms with E-state index in [-0.39, 0.29) is 16.6 Å². The molecule has 0 saturated heterocycles. The first kappa shape index (κ1) is 10.8. The summed E-state index contributed by atoms with van der Waals surface area (Å²) in [6.45, 7) is 0. The maximum atomic E-state index is 13.5. The van der Waals surface area contributed by atoms with Crippen molar-refractivity contribution in [3.8, 4) is 17.1 Å². The van der Waals surface area contributed by atoms with Crippen LogP contribution in [0.4, 0.5) is 10.2 Å². The standard InChI is InChI=1S/C10H8ClFN2O2/c1-15-10-6(2-5(11)3-7(10)12)8-4-9(13)14-16-8/h2-4H,1H3,(H2,13,14). The van der Waals surface area contributed by atoms with E-state index in [4.69, 9.17) is 26.6 Å². The van der Waals surface area contributed by atoms with E-state index in [0.29, 0.717) is 11.3 Å². The van der Waals surface area contributed by atoms with Crippen molar-refractivity contribution >= 4 is 17.4 Å². The lowest BCUT2D eigenvalue weighted by atomic mass is 10.1. The summed E-state index contributed by atoms with van der Waals surface area (Å²) in [7, 11) is 1.36. The number of ether oxygens (including phenoxy) is 1. The molecule has 6 heteroatoms. The molecule has 0 fully saturated rings. The van der Waals surface area contributed by atoms with Gasteiger partial charge in [-0.05, 0) is 12.1 Å². The Morgan fingerprint density at radius 1 is 1.44 bits per heavy atom. The van der Waals surface area contributed by atoms with Gasteiger partial charge in [-0.3, -0.25) is 0 Å². The van der Waals surface area contributed by atoms with Gasteiger partial charge in [-0.25, -0.2) is 4.39 Å². The number of hydrogen-bond donors (Lipinski definition) is 1. The Hall–Kier alpha value is -1.75. The maximum absolute atomic E-state index is 13.5. The molecule has 0 bridgehead atoms. The Labute approximate surface area is 95.7 Å². The molecular weight excluding hydrogens is 235 g/mol. The van der Waals surface area contributed by atoms with Crippen LogP contribution in [0.25, 0.3) is 11.3 Å². The highest BCUT2D eigenvalue weighted by molar-refractivity contribution is 6.31. The normalized spacial score (nSPS) is 10.4. The fourth-order valence-corrected chi connectivity index (χ4v) is 1.57. The van der Waals surface area contributed by atoms with Crippen LogP contribution < -0.4 is 10.5 Å². The zero-order valence-electron chi connectivity index (χ0n) is 8.33. The number of nitrogens with two attached hydrogens (primary N) is 1. The van der Waals surface area contributed by atoms with Crippen molar-refractivity contribution in [2.24, 2.45) is 0 Å². The van der Waals surface area contributed by atoms with Crippen LogP contribution in [0.2, 0.25) is 5.02 Å². The molecule has 16 heavy (non-hydrogen) atoms. The number of hydrogen-bond acceptors (Lipinski definition) is 4. The van der Waals surface area contributed by atoms with Crippen LogP contribution in [0.15, 0.2) is 22.7 Å². The molecule has 0 amide bonds. The third-order valence-electron chi connectivity index (χ3n) is 2.01. The van der Waals surface area contributed by atoms with E-state index in [2.05, 4.69) is 5.16 Å². The minimum Gasteiger partial charge on any atom is -0.493 e. The number of anilines is 1. The number of halogens is 2. The number of nitrogens with zero attached hydrogens (tertiary/aromatic N) is 1. The number of rotatable bonds is 2. The second-order valence-corrected chi connectivity index (χ2v) is 3.52. The molecule has 0 unspecified atom stereocenters. The number of methoxy groups -OCH3 is 1. The molecule has 2 aromatic rings. The highest BCUT2D eigenvalue weighted by Gasteiger charge is 2.16. The van der Waals surface area contributed by atoms with E-state index in [1.165, 1.54) is 19.2 Å². The first-order chi connectivity index (χ1) is 7.61. The summed E-state index contributed by atoms with van der Waals surface area (Å²) in [4.78, 5) is 0. The van der Waals surface area contributed by atoms with Crippen LogP contribution in [0.5, 0.6) is 5.75 Å². The Morgan fingerprint density at radius 3 is 2.75 bits per heavy atom. The van der Waals surface area contributed by atoms with Crippen LogP contribution >= 0.6 is 11.6 Å². The summed E-state index contributed by atoms with van der Waals surface area (Å²) in [5.74, 6) is -0.0197. The molecule has 0 aliphatic heterocycles. The molecular formula is C10H8ClFN2O2. The average molecular weight is 243 g/mol. The molecule has 0 radical (unpaired) electrons. The van der Waals surface area contributed by atoms with Gasteiger partial charge in [-0.2, -0.15) is 0 Å². The van der Waals surface area contributed by atoms with Gasteiger partial charge in [-0.15, -0.1) is 0 Å². The zero-order chi connectivity index (χ0) is 11.7. The number of benzene rings is 1. The molecule has 0 spiro atoms. The maximum Gasteiger partial charge on any atom is 0.172 e. The molecule has 0 saturated carbocycles. The minimum atomic E-state index is -0.569. The number of nitrogen functional groups attached to an aromatic ring is 1. The third kappa shape index (κ3) is 1.81. The van der Waals surface area contributed by atoms with Gasteiger partial charge in [0.2, 0.25) is 0 Å². The van der Waals surface area contributed by atoms with Crippen LogP contribution in [0, 0.1) is 5.82 Å². The van der Waals surface area contributed by atoms with E-state index in [1.54, 1.807) is 0 Å². The molecule has 1 aromatic heterocycles. The Balaban J connectivity index is 2.63. The van der Waals surface area contributed by atoms with E-state index in [0.717, 1.165) is 6.07 Å². The van der Waals surface area contributed by atoms with Crippen molar-refractivity contribution in [2.45, 2.75) is 0 Å². The van der Waals surface area contributed by atoms with Gasteiger partial charge in [0, 0.05) is 11.1 Å². The van der Waals surface area contributed by atoms with Crippen molar-refractivity contribution in [3.05, 3.63) is 29.0 Å². The largest absolute Gasteiger partial charge is 0.493 e. The fraction of sp³-hybridized carbons (Fsp3) is 0.100. The van der Waals surface area contributed by atoms with Crippen LogP contribution in [0.3, 0.4) is 0 Å². The summed E-state index contributed by atoms with van der Waals surface area (Å²) in [5, 5.41) is 3.75. The van der Waals surface area contributed by atoms with Crippen molar-refractivity contribution < 1.29 is 13.7 Å². The lowest BCUT2D eigenvalue weighted by Crippen LogP contribution is -1.91. The van der Waals surface area contributed by atoms with E-state index < -0.39 is 5.82 Å². The molecule has 1 aromatic carbocycles. The van der Waals surface area contributed by atoms with Gasteiger partial charge < -0.3 is 15.0 Å². The van der Waals surface area contributed by atoms with Gasteiger partial charge in [0.25, 0.3) is 0 Å². The predicted octanol–water partition coefficient (Wildman–Crippen LogP) is 2.72. The molecule has 2 rings (SSSR count). The Bertz CT molecular complexity index is 528. The fourth-order valence-electron chi connectivity index (χ4n) is 1.37. The third-order valence-corrected chi connectivity index (χ3v) is 2.22. The van der Waals surface area contributed by atoms with Gasteiger partial charge in [0.05, 0.1) is 12.7 Å². The van der Waals surface area contributed by atoms with Crippen molar-refractivity contribution in [1.29, 1.82) is 0 Å². The molecule has 0 aliphatic rings. The number of aromatic nitrogens is 1. The smallest absolute Gasteiger partial charge is 0.172 e. The minimum absolute atomic E-state index is 0.0422. The Morgan fingerprint density at radius 2 is 2.19 bits per heavy atom. The molecule has 0 aliphatic carbocycles. The summed E-state index contributed by atoms with van der Waals surface area (Å²) in [6, 6.07) is 4.14. The summed E-state index contributed by atoms with van der Waals surface area (Å²) < 4.78 is 23.4. The monoisotopic (exact) mass is 242 g/mol. The quantitative estimate of drug-likeness (QED) is 0.880. The van der Waals surface area contributed by atoms with E-state index in [1.807, 2.05) is 0 Å². The van der Waals surface area contributed by atoms with E-state index in [9.17, 15) is 4.39 Å². The SMILES string of the molecule is COc1c(F)cc(Cl)cc1-c1cc(N)no1. The van der Waals surface area contributed by atoms with Gasteiger partial charge in [0.15, 0.2) is 23.1 Å². The van der Waals surface area contributed by atoms with Crippen molar-refractivity contribution in [3.63, 3.8) is 0 Å². The summed E-state index contributed by atoms with van der Waals surface area (Å²) >= 11 is 5.75. The molecule has 1 heterocycles. The Kier molecular flexibility index (Phi) is 2.70. The first-order valence-corrected chi connectivity index (χ1v) is 4.75. The molecule has 2 N–H and O–H groups in total. The molecule has 4 nitrogen and oxygen atoms in total. The molecule has 0 atom stereocenters. The summed E-state index contributed by atoms with van der Waals surface area (Å²) in [6.07, 6.45) is 0. The topological polar surface area (TPSA) is 61.3 Å². The second-order valence-electron chi connectivity index (χ2n) is 3.08. The lowest BCUT2D eigenvalue weighted by molar-refractivity contribution is 0.383. The van der Waals surface area contributed by atoms with Crippen LogP contribution in [-0.4, -0.2) is 12.3 Å². The first-order valence-electron chi connectivity index (χ1n) is 4.37. The van der Waals surface area contributed by atoms with Crippen LogP contribution in [-0.2, 0) is 0 Å². The second kappa shape index (κ2) is 4.02. The van der Waals surface area contributed by atoms with E-state index >= 15 is 0 Å². The highest BCUT2D eigenvalue weighted by atomic mass is 35.5. The lowest BCUT2D eigenvalue weighted by Gasteiger charge is -2.07. The molecule has 84 valence electrons. The van der Waals surface area contributed by atoms with Crippen LogP contribution in [0.1, 0.15) is 0 Å². The van der Waals surface area contributed by atoms with Crippen molar-refractivity contribution in [2.75, 3.05) is 12.8 Å². The average Bonchev–Trinajstić information content (AvgIpc) is 2.63. The predicted molar refractivity (Wildman–Crippen MR) is 57.9 cm³/mol. The summed E-state index contributed by atoms with van der Waals surface area (Å²) in [5.41, 5.74) is 5.78. The highest BCUT2D eigenvalue weighted by Crippen LogP contribution is 2.35. The van der Waals surface area contributed by atoms with Gasteiger partial charge >= 0.3 is 0 Å². The van der Waals surface area contributed by atoms with Crippen molar-refractivity contribution in [1.82, 2.24) is 5.16 Å².